The Kier molecular flexibility index (Phi) is 5.06. The van der Waals surface area contributed by atoms with Gasteiger partial charge in [-0.25, -0.2) is 4.79 Å². The molecule has 1 saturated heterocycles. The molecule has 1 aliphatic rings. The summed E-state index contributed by atoms with van der Waals surface area (Å²) in [6.45, 7) is 6.50. The first kappa shape index (κ1) is 14.9. The van der Waals surface area contributed by atoms with E-state index in [1.807, 2.05) is 4.90 Å². The van der Waals surface area contributed by atoms with Crippen LogP contribution in [0.15, 0.2) is 0 Å². The minimum atomic E-state index is -1.56. The molecule has 1 aliphatic heterocycles. The summed E-state index contributed by atoms with van der Waals surface area (Å²) in [5, 5.41) is 23.3. The Labute approximate surface area is 106 Å². The smallest absolute Gasteiger partial charge is 0.334 e. The topological polar surface area (TPSA) is 102 Å². The number of piperazine rings is 1. The Bertz CT molecular complexity index is 313. The molecule has 1 fully saturated rings. The highest BCUT2D eigenvalue weighted by Gasteiger charge is 2.35. The number of aliphatic carboxylic acids is 1. The van der Waals surface area contributed by atoms with Crippen LogP contribution in [0.1, 0.15) is 13.8 Å². The van der Waals surface area contributed by atoms with Crippen LogP contribution in [0, 0.1) is 0 Å². The van der Waals surface area contributed by atoms with E-state index < -0.39 is 17.6 Å². The Hall–Kier alpha value is -1.18. The number of carbonyl (C=O) groups is 2. The van der Waals surface area contributed by atoms with Crippen molar-refractivity contribution in [1.82, 2.24) is 15.5 Å². The lowest BCUT2D eigenvalue weighted by Crippen LogP contribution is -2.60. The van der Waals surface area contributed by atoms with Gasteiger partial charge >= 0.3 is 5.97 Å². The van der Waals surface area contributed by atoms with Gasteiger partial charge < -0.3 is 20.8 Å². The lowest BCUT2D eigenvalue weighted by Gasteiger charge is -2.39. The van der Waals surface area contributed by atoms with Gasteiger partial charge in [-0.05, 0) is 13.8 Å². The van der Waals surface area contributed by atoms with Gasteiger partial charge in [0.05, 0.1) is 12.1 Å². The predicted octanol–water partition coefficient (Wildman–Crippen LogP) is -1.77. The van der Waals surface area contributed by atoms with E-state index in [0.717, 1.165) is 26.2 Å². The molecule has 0 aromatic carbocycles. The molecule has 7 nitrogen and oxygen atoms in total. The highest BCUT2D eigenvalue weighted by atomic mass is 16.4. The van der Waals surface area contributed by atoms with Gasteiger partial charge in [-0.1, -0.05) is 0 Å². The quantitative estimate of drug-likeness (QED) is 0.466. The molecule has 1 amide bonds. The third-order valence-electron chi connectivity index (χ3n) is 3.20. The summed E-state index contributed by atoms with van der Waals surface area (Å²) in [4.78, 5) is 24.5. The molecule has 7 heteroatoms. The van der Waals surface area contributed by atoms with Crippen LogP contribution in [0.2, 0.25) is 0 Å². The molecule has 4 N–H and O–H groups in total. The van der Waals surface area contributed by atoms with Gasteiger partial charge in [-0.15, -0.1) is 0 Å². The number of hydrogen-bond donors (Lipinski definition) is 4. The van der Waals surface area contributed by atoms with Crippen LogP contribution >= 0.6 is 0 Å². The largest absolute Gasteiger partial charge is 0.479 e. The van der Waals surface area contributed by atoms with Crippen LogP contribution < -0.4 is 10.6 Å². The number of hydrogen-bond acceptors (Lipinski definition) is 5. The number of amides is 1. The van der Waals surface area contributed by atoms with Crippen LogP contribution in [0.25, 0.3) is 0 Å². The molecular formula is C11H21N3O4. The number of carbonyl (C=O) groups excluding carboxylic acids is 1. The lowest BCUT2D eigenvalue weighted by molar-refractivity contribution is -0.146. The van der Waals surface area contributed by atoms with Crippen LogP contribution in [0.4, 0.5) is 0 Å². The normalized spacial score (nSPS) is 19.3. The highest BCUT2D eigenvalue weighted by molar-refractivity contribution is 5.86. The van der Waals surface area contributed by atoms with Crippen molar-refractivity contribution in [2.45, 2.75) is 25.5 Å². The summed E-state index contributed by atoms with van der Waals surface area (Å²) in [7, 11) is 0. The van der Waals surface area contributed by atoms with Crippen molar-refractivity contribution in [3.05, 3.63) is 0 Å². The fourth-order valence-electron chi connectivity index (χ4n) is 1.86. The van der Waals surface area contributed by atoms with Gasteiger partial charge in [-0.3, -0.25) is 9.69 Å². The van der Waals surface area contributed by atoms with E-state index in [-0.39, 0.29) is 12.5 Å². The molecule has 18 heavy (non-hydrogen) atoms. The molecule has 0 saturated carbocycles. The summed E-state index contributed by atoms with van der Waals surface area (Å²) in [6.07, 6.45) is -1.56. The minimum Gasteiger partial charge on any atom is -0.479 e. The van der Waals surface area contributed by atoms with Crippen molar-refractivity contribution in [3.8, 4) is 0 Å². The van der Waals surface area contributed by atoms with Gasteiger partial charge in [0.1, 0.15) is 0 Å². The molecule has 0 radical (unpaired) electrons. The van der Waals surface area contributed by atoms with Gasteiger partial charge in [-0.2, -0.15) is 0 Å². The summed E-state index contributed by atoms with van der Waals surface area (Å²) in [5.41, 5.74) is -0.708. The Morgan fingerprint density at radius 2 is 1.94 bits per heavy atom. The number of nitrogens with zero attached hydrogens (tertiary/aromatic N) is 1. The molecule has 1 unspecified atom stereocenters. The predicted molar refractivity (Wildman–Crippen MR) is 65.2 cm³/mol. The molecule has 1 heterocycles. The third kappa shape index (κ3) is 3.66. The highest BCUT2D eigenvalue weighted by Crippen LogP contribution is 2.15. The first-order valence-corrected chi connectivity index (χ1v) is 6.00. The SMILES string of the molecule is CC(C)(C(=O)NCC(O)C(=O)O)N1CCNCC1. The average molecular weight is 259 g/mol. The summed E-state index contributed by atoms with van der Waals surface area (Å²) in [5.74, 6) is -1.61. The van der Waals surface area contributed by atoms with Crippen molar-refractivity contribution in [3.63, 3.8) is 0 Å². The fourth-order valence-corrected chi connectivity index (χ4v) is 1.86. The standard InChI is InChI=1S/C11H21N3O4/c1-11(2,14-5-3-12-4-6-14)10(18)13-7-8(15)9(16)17/h8,12,15H,3-7H2,1-2H3,(H,13,18)(H,16,17). The Morgan fingerprint density at radius 3 is 2.44 bits per heavy atom. The fraction of sp³-hybridized carbons (Fsp3) is 0.818. The van der Waals surface area contributed by atoms with Gasteiger partial charge in [0.2, 0.25) is 5.91 Å². The maximum Gasteiger partial charge on any atom is 0.334 e. The van der Waals surface area contributed by atoms with E-state index in [9.17, 15) is 9.59 Å². The van der Waals surface area contributed by atoms with Crippen LogP contribution in [-0.2, 0) is 9.59 Å². The Morgan fingerprint density at radius 1 is 1.39 bits per heavy atom. The van der Waals surface area contributed by atoms with Gasteiger partial charge in [0, 0.05) is 26.2 Å². The first-order valence-electron chi connectivity index (χ1n) is 6.00. The molecule has 1 atom stereocenters. The molecule has 0 bridgehead atoms. The van der Waals surface area contributed by atoms with E-state index in [2.05, 4.69) is 10.6 Å². The average Bonchev–Trinajstić information content (AvgIpc) is 2.36. The number of rotatable bonds is 5. The van der Waals surface area contributed by atoms with E-state index in [1.54, 1.807) is 13.8 Å². The minimum absolute atomic E-state index is 0.273. The van der Waals surface area contributed by atoms with Crippen molar-refractivity contribution in [2.24, 2.45) is 0 Å². The first-order chi connectivity index (χ1) is 8.35. The van der Waals surface area contributed by atoms with Gasteiger partial charge in [0.25, 0.3) is 0 Å². The van der Waals surface area contributed by atoms with Crippen LogP contribution in [0.3, 0.4) is 0 Å². The van der Waals surface area contributed by atoms with Crippen molar-refractivity contribution in [1.29, 1.82) is 0 Å². The Balaban J connectivity index is 2.50. The zero-order chi connectivity index (χ0) is 13.8. The number of carboxylic acids is 1. The van der Waals surface area contributed by atoms with Gasteiger partial charge in [0.15, 0.2) is 6.10 Å². The molecule has 104 valence electrons. The van der Waals surface area contributed by atoms with Crippen LogP contribution in [0.5, 0.6) is 0 Å². The number of aliphatic hydroxyl groups excluding tert-OH is 1. The molecule has 0 aromatic rings. The molecule has 0 spiro atoms. The maximum atomic E-state index is 12.0. The van der Waals surface area contributed by atoms with Crippen molar-refractivity contribution < 1.29 is 19.8 Å². The second-order valence-corrected chi connectivity index (χ2v) is 4.86. The van der Waals surface area contributed by atoms with E-state index in [0.29, 0.717) is 0 Å². The molecule has 0 aromatic heterocycles. The number of aliphatic hydroxyl groups is 1. The van der Waals surface area contributed by atoms with Crippen molar-refractivity contribution in [2.75, 3.05) is 32.7 Å². The molecule has 0 aliphatic carbocycles. The second kappa shape index (κ2) is 6.12. The molecular weight excluding hydrogens is 238 g/mol. The third-order valence-corrected chi connectivity index (χ3v) is 3.20. The zero-order valence-corrected chi connectivity index (χ0v) is 10.8. The summed E-state index contributed by atoms with van der Waals surface area (Å²) >= 11 is 0. The second-order valence-electron chi connectivity index (χ2n) is 4.86. The summed E-state index contributed by atoms with van der Waals surface area (Å²) in [6, 6.07) is 0. The zero-order valence-electron chi connectivity index (χ0n) is 10.8. The van der Waals surface area contributed by atoms with E-state index >= 15 is 0 Å². The number of nitrogens with one attached hydrogen (secondary N) is 2. The van der Waals surface area contributed by atoms with Crippen molar-refractivity contribution >= 4 is 11.9 Å². The van der Waals surface area contributed by atoms with Crippen LogP contribution in [-0.4, -0.2) is 71.4 Å². The molecule has 1 rings (SSSR count). The van der Waals surface area contributed by atoms with E-state index in [4.69, 9.17) is 10.2 Å². The maximum absolute atomic E-state index is 12.0. The van der Waals surface area contributed by atoms with E-state index in [1.165, 1.54) is 0 Å². The number of carboxylic acid groups (broad SMARTS) is 1. The summed E-state index contributed by atoms with van der Waals surface area (Å²) < 4.78 is 0. The lowest BCUT2D eigenvalue weighted by atomic mass is 10.0. The monoisotopic (exact) mass is 259 g/mol.